The van der Waals surface area contributed by atoms with Gasteiger partial charge in [0.25, 0.3) is 5.91 Å². The van der Waals surface area contributed by atoms with E-state index in [-0.39, 0.29) is 12.1 Å². The molecule has 1 amide bonds. The third-order valence-corrected chi connectivity index (χ3v) is 5.90. The van der Waals surface area contributed by atoms with Gasteiger partial charge in [-0.3, -0.25) is 4.79 Å². The van der Waals surface area contributed by atoms with Crippen LogP contribution in [-0.2, 0) is 12.8 Å². The first kappa shape index (κ1) is 14.6. The summed E-state index contributed by atoms with van der Waals surface area (Å²) in [5.41, 5.74) is 3.14. The van der Waals surface area contributed by atoms with Crippen LogP contribution in [0.15, 0.2) is 24.3 Å². The largest absolute Gasteiger partial charge is 0.497 e. The number of methoxy groups -OCH3 is 1. The third-order valence-electron chi connectivity index (χ3n) is 4.72. The first-order valence-electron chi connectivity index (χ1n) is 8.01. The Morgan fingerprint density at radius 1 is 1.30 bits per heavy atom. The number of hydrogen-bond donors (Lipinski definition) is 2. The zero-order chi connectivity index (χ0) is 16.0. The van der Waals surface area contributed by atoms with Gasteiger partial charge in [0.2, 0.25) is 0 Å². The molecule has 1 aromatic heterocycles. The summed E-state index contributed by atoms with van der Waals surface area (Å²) < 4.78 is 5.28. The quantitative estimate of drug-likeness (QED) is 0.883. The van der Waals surface area contributed by atoms with Gasteiger partial charge in [0.1, 0.15) is 16.9 Å². The summed E-state index contributed by atoms with van der Waals surface area (Å²) in [6, 6.07) is 7.81. The normalized spacial score (nSPS) is 22.6. The molecule has 0 saturated heterocycles. The Balaban J connectivity index is 1.68. The molecule has 1 aliphatic heterocycles. The van der Waals surface area contributed by atoms with Crippen LogP contribution < -0.4 is 15.4 Å². The SMILES string of the molecule is COc1cccc([C@@H]2NC(=O)c3c(sc4c3CC[C@H](C)C4)N2)c1. The van der Waals surface area contributed by atoms with Crippen molar-refractivity contribution in [2.24, 2.45) is 5.92 Å². The Bertz CT molecular complexity index is 768. The van der Waals surface area contributed by atoms with Gasteiger partial charge in [-0.1, -0.05) is 19.1 Å². The lowest BCUT2D eigenvalue weighted by Gasteiger charge is -2.27. The van der Waals surface area contributed by atoms with Crippen molar-refractivity contribution in [1.29, 1.82) is 0 Å². The topological polar surface area (TPSA) is 50.4 Å². The predicted octanol–water partition coefficient (Wildman–Crippen LogP) is 3.74. The van der Waals surface area contributed by atoms with Gasteiger partial charge in [-0.2, -0.15) is 0 Å². The van der Waals surface area contributed by atoms with E-state index in [0.29, 0.717) is 5.92 Å². The molecule has 2 heterocycles. The lowest BCUT2D eigenvalue weighted by molar-refractivity contribution is 0.0935. The monoisotopic (exact) mass is 328 g/mol. The summed E-state index contributed by atoms with van der Waals surface area (Å²) in [6.07, 6.45) is 3.07. The highest BCUT2D eigenvalue weighted by Gasteiger charge is 2.33. The van der Waals surface area contributed by atoms with Gasteiger partial charge in [-0.15, -0.1) is 11.3 Å². The minimum atomic E-state index is -0.206. The fraction of sp³-hybridized carbons (Fsp3) is 0.389. The van der Waals surface area contributed by atoms with E-state index in [0.717, 1.165) is 34.7 Å². The van der Waals surface area contributed by atoms with E-state index in [4.69, 9.17) is 4.74 Å². The molecule has 0 bridgehead atoms. The van der Waals surface area contributed by atoms with Crippen LogP contribution in [0.4, 0.5) is 5.00 Å². The number of thiophene rings is 1. The summed E-state index contributed by atoms with van der Waals surface area (Å²) >= 11 is 1.75. The molecule has 23 heavy (non-hydrogen) atoms. The average Bonchev–Trinajstić information content (AvgIpc) is 2.92. The first-order valence-corrected chi connectivity index (χ1v) is 8.83. The van der Waals surface area contributed by atoms with Crippen molar-refractivity contribution in [1.82, 2.24) is 5.32 Å². The van der Waals surface area contributed by atoms with Crippen LogP contribution >= 0.6 is 11.3 Å². The van der Waals surface area contributed by atoms with E-state index in [2.05, 4.69) is 17.6 Å². The molecule has 0 fully saturated rings. The molecule has 0 unspecified atom stereocenters. The van der Waals surface area contributed by atoms with E-state index >= 15 is 0 Å². The molecule has 5 heteroatoms. The van der Waals surface area contributed by atoms with Crippen LogP contribution in [-0.4, -0.2) is 13.0 Å². The molecule has 2 N–H and O–H groups in total. The molecule has 4 rings (SSSR count). The molecular weight excluding hydrogens is 308 g/mol. The smallest absolute Gasteiger partial charge is 0.256 e. The number of hydrogen-bond acceptors (Lipinski definition) is 4. The number of benzene rings is 1. The highest BCUT2D eigenvalue weighted by Crippen LogP contribution is 2.42. The summed E-state index contributed by atoms with van der Waals surface area (Å²) in [5.74, 6) is 1.54. The maximum absolute atomic E-state index is 12.7. The fourth-order valence-corrected chi connectivity index (χ4v) is 4.89. The molecule has 2 aromatic rings. The first-order chi connectivity index (χ1) is 11.2. The van der Waals surface area contributed by atoms with E-state index in [1.54, 1.807) is 18.4 Å². The van der Waals surface area contributed by atoms with Gasteiger partial charge >= 0.3 is 0 Å². The Morgan fingerprint density at radius 3 is 3.00 bits per heavy atom. The second-order valence-electron chi connectivity index (χ2n) is 6.38. The Labute approximate surface area is 139 Å². The highest BCUT2D eigenvalue weighted by atomic mass is 32.1. The van der Waals surface area contributed by atoms with Crippen LogP contribution in [0, 0.1) is 5.92 Å². The number of carbonyl (C=O) groups excluding carboxylic acids is 1. The summed E-state index contributed by atoms with van der Waals surface area (Å²) in [4.78, 5) is 14.0. The van der Waals surface area contributed by atoms with Gasteiger partial charge in [-0.25, -0.2) is 0 Å². The zero-order valence-corrected chi connectivity index (χ0v) is 14.1. The second kappa shape index (κ2) is 5.57. The summed E-state index contributed by atoms with van der Waals surface area (Å²) in [7, 11) is 1.65. The fourth-order valence-electron chi connectivity index (χ4n) is 3.45. The van der Waals surface area contributed by atoms with E-state index < -0.39 is 0 Å². The van der Waals surface area contributed by atoms with E-state index in [1.165, 1.54) is 16.9 Å². The van der Waals surface area contributed by atoms with Crippen molar-refractivity contribution < 1.29 is 9.53 Å². The molecule has 0 saturated carbocycles. The lowest BCUT2D eigenvalue weighted by Crippen LogP contribution is -2.38. The molecule has 0 radical (unpaired) electrons. The molecule has 2 aliphatic rings. The minimum Gasteiger partial charge on any atom is -0.497 e. The van der Waals surface area contributed by atoms with E-state index in [1.807, 2.05) is 24.3 Å². The van der Waals surface area contributed by atoms with Crippen LogP contribution in [0.1, 0.15) is 45.9 Å². The van der Waals surface area contributed by atoms with Crippen molar-refractivity contribution in [2.45, 2.75) is 32.4 Å². The maximum atomic E-state index is 12.7. The molecular formula is C18H20N2O2S. The number of fused-ring (bicyclic) bond motifs is 3. The van der Waals surface area contributed by atoms with Crippen molar-refractivity contribution in [3.63, 3.8) is 0 Å². The molecule has 4 nitrogen and oxygen atoms in total. The van der Waals surface area contributed by atoms with Crippen molar-refractivity contribution in [2.75, 3.05) is 12.4 Å². The number of nitrogens with one attached hydrogen (secondary N) is 2. The second-order valence-corrected chi connectivity index (χ2v) is 7.49. The molecule has 120 valence electrons. The Morgan fingerprint density at radius 2 is 2.17 bits per heavy atom. The predicted molar refractivity (Wildman–Crippen MR) is 92.3 cm³/mol. The van der Waals surface area contributed by atoms with Gasteiger partial charge in [0.15, 0.2) is 0 Å². The van der Waals surface area contributed by atoms with Crippen LogP contribution in [0.3, 0.4) is 0 Å². The highest BCUT2D eigenvalue weighted by molar-refractivity contribution is 7.16. The zero-order valence-electron chi connectivity index (χ0n) is 13.3. The van der Waals surface area contributed by atoms with Crippen molar-refractivity contribution in [3.05, 3.63) is 45.8 Å². The lowest BCUT2D eigenvalue weighted by atomic mass is 9.88. The number of rotatable bonds is 2. The average molecular weight is 328 g/mol. The van der Waals surface area contributed by atoms with Gasteiger partial charge in [-0.05, 0) is 48.4 Å². The molecule has 1 aliphatic carbocycles. The number of anilines is 1. The summed E-state index contributed by atoms with van der Waals surface area (Å²) in [6.45, 7) is 2.29. The van der Waals surface area contributed by atoms with Crippen LogP contribution in [0.25, 0.3) is 0 Å². The Hall–Kier alpha value is -2.01. The van der Waals surface area contributed by atoms with Crippen LogP contribution in [0.5, 0.6) is 5.75 Å². The third kappa shape index (κ3) is 2.49. The van der Waals surface area contributed by atoms with Crippen LogP contribution in [0.2, 0.25) is 0 Å². The maximum Gasteiger partial charge on any atom is 0.256 e. The molecule has 0 spiro atoms. The molecule has 2 atom stereocenters. The standard InChI is InChI=1S/C18H20N2O2S/c1-10-6-7-13-14(8-10)23-18-15(13)17(21)19-16(20-18)11-4-3-5-12(9-11)22-2/h3-5,9-10,16,20H,6-8H2,1-2H3,(H,19,21)/t10-,16+/m0/s1. The van der Waals surface area contributed by atoms with Gasteiger partial charge in [0, 0.05) is 4.88 Å². The Kier molecular flexibility index (Phi) is 3.53. The van der Waals surface area contributed by atoms with Crippen molar-refractivity contribution >= 4 is 22.2 Å². The molecule has 1 aromatic carbocycles. The number of ether oxygens (including phenoxy) is 1. The number of amides is 1. The minimum absolute atomic E-state index is 0.0404. The van der Waals surface area contributed by atoms with Gasteiger partial charge in [0.05, 0.1) is 12.7 Å². The summed E-state index contributed by atoms with van der Waals surface area (Å²) in [5, 5.41) is 7.60. The number of carbonyl (C=O) groups is 1. The van der Waals surface area contributed by atoms with Gasteiger partial charge < -0.3 is 15.4 Å². The van der Waals surface area contributed by atoms with Crippen molar-refractivity contribution in [3.8, 4) is 5.75 Å². The van der Waals surface area contributed by atoms with E-state index in [9.17, 15) is 4.79 Å².